The molecule has 0 unspecified atom stereocenters. The molecule has 4 heterocycles. The second-order valence-electron chi connectivity index (χ2n) is 6.34. The van der Waals surface area contributed by atoms with Crippen LogP contribution in [0, 0.1) is 5.82 Å². The van der Waals surface area contributed by atoms with E-state index in [9.17, 15) is 8.78 Å². The predicted molar refractivity (Wildman–Crippen MR) is 95.7 cm³/mol. The van der Waals surface area contributed by atoms with E-state index in [-0.39, 0.29) is 32.0 Å². The van der Waals surface area contributed by atoms with Gasteiger partial charge in [0.05, 0.1) is 30.7 Å². The largest absolute Gasteiger partial charge is 0.476 e. The van der Waals surface area contributed by atoms with Crippen LogP contribution in [0.2, 0.25) is 0 Å². The number of aromatic nitrogens is 4. The molecule has 4 rings (SSSR count). The first kappa shape index (κ1) is 17.4. The van der Waals surface area contributed by atoms with Crippen LogP contribution in [-0.2, 0) is 0 Å². The lowest BCUT2D eigenvalue weighted by molar-refractivity contribution is 0.306. The first-order valence-corrected chi connectivity index (χ1v) is 8.55. The molecular formula is C17H19F2N7O. The monoisotopic (exact) mass is 375 g/mol. The SMILES string of the molecule is NCCOc1ncc(F)cc1[C@H]1C[C@H](F)CN1c1ccn2ncc(N)c2n1. The van der Waals surface area contributed by atoms with E-state index in [2.05, 4.69) is 15.1 Å². The molecule has 10 heteroatoms. The van der Waals surface area contributed by atoms with Crippen molar-refractivity contribution in [3.8, 4) is 5.88 Å². The number of anilines is 2. The summed E-state index contributed by atoms with van der Waals surface area (Å²) in [5, 5.41) is 4.08. The average Bonchev–Trinajstić information content (AvgIpc) is 3.23. The summed E-state index contributed by atoms with van der Waals surface area (Å²) in [7, 11) is 0. The average molecular weight is 375 g/mol. The maximum Gasteiger partial charge on any atom is 0.218 e. The number of ether oxygens (including phenoxy) is 1. The van der Waals surface area contributed by atoms with Crippen LogP contribution in [0.4, 0.5) is 20.3 Å². The number of alkyl halides is 1. The fourth-order valence-electron chi connectivity index (χ4n) is 3.33. The summed E-state index contributed by atoms with van der Waals surface area (Å²) in [6, 6.07) is 2.56. The Kier molecular flexibility index (Phi) is 4.48. The molecule has 0 aliphatic carbocycles. The minimum Gasteiger partial charge on any atom is -0.476 e. The molecule has 1 aliphatic heterocycles. The number of rotatable bonds is 5. The van der Waals surface area contributed by atoms with Crippen molar-refractivity contribution in [2.24, 2.45) is 5.73 Å². The Morgan fingerprint density at radius 3 is 3.00 bits per heavy atom. The molecule has 8 nitrogen and oxygen atoms in total. The Bertz CT molecular complexity index is 964. The van der Waals surface area contributed by atoms with Gasteiger partial charge >= 0.3 is 0 Å². The van der Waals surface area contributed by atoms with Gasteiger partial charge in [-0.3, -0.25) is 0 Å². The highest BCUT2D eigenvalue weighted by Crippen LogP contribution is 2.40. The van der Waals surface area contributed by atoms with Crippen LogP contribution < -0.4 is 21.1 Å². The Labute approximate surface area is 153 Å². The van der Waals surface area contributed by atoms with Gasteiger partial charge in [-0.05, 0) is 12.1 Å². The Morgan fingerprint density at radius 1 is 1.33 bits per heavy atom. The highest BCUT2D eigenvalue weighted by molar-refractivity contribution is 5.65. The van der Waals surface area contributed by atoms with E-state index in [4.69, 9.17) is 16.2 Å². The van der Waals surface area contributed by atoms with E-state index in [1.54, 1.807) is 17.2 Å². The van der Waals surface area contributed by atoms with Crippen molar-refractivity contribution in [2.45, 2.75) is 18.6 Å². The maximum atomic E-state index is 14.3. The second kappa shape index (κ2) is 6.95. The van der Waals surface area contributed by atoms with Gasteiger partial charge in [0.15, 0.2) is 5.65 Å². The molecule has 4 N–H and O–H groups in total. The number of nitrogens with two attached hydrogens (primary N) is 2. The summed E-state index contributed by atoms with van der Waals surface area (Å²) in [6.45, 7) is 0.639. The molecule has 0 bridgehead atoms. The predicted octanol–water partition coefficient (Wildman–Crippen LogP) is 1.47. The van der Waals surface area contributed by atoms with E-state index in [0.29, 0.717) is 22.7 Å². The zero-order valence-corrected chi connectivity index (χ0v) is 14.4. The number of nitrogen functional groups attached to an aromatic ring is 1. The first-order valence-electron chi connectivity index (χ1n) is 8.55. The number of fused-ring (bicyclic) bond motifs is 1. The van der Waals surface area contributed by atoms with Crippen LogP contribution in [0.5, 0.6) is 5.88 Å². The van der Waals surface area contributed by atoms with E-state index in [1.807, 2.05) is 0 Å². The summed E-state index contributed by atoms with van der Waals surface area (Å²) in [6.07, 6.45) is 3.35. The van der Waals surface area contributed by atoms with Gasteiger partial charge in [0.25, 0.3) is 0 Å². The highest BCUT2D eigenvalue weighted by atomic mass is 19.1. The van der Waals surface area contributed by atoms with Gasteiger partial charge < -0.3 is 21.1 Å². The lowest BCUT2D eigenvalue weighted by Crippen LogP contribution is -2.26. The second-order valence-corrected chi connectivity index (χ2v) is 6.34. The van der Waals surface area contributed by atoms with Crippen LogP contribution in [0.3, 0.4) is 0 Å². The number of halogens is 2. The number of hydrogen-bond acceptors (Lipinski definition) is 7. The Morgan fingerprint density at radius 2 is 2.19 bits per heavy atom. The van der Waals surface area contributed by atoms with Crippen LogP contribution in [0.15, 0.2) is 30.7 Å². The summed E-state index contributed by atoms with van der Waals surface area (Å²) in [5.74, 6) is 0.251. The minimum atomic E-state index is -1.10. The van der Waals surface area contributed by atoms with Gasteiger partial charge in [-0.1, -0.05) is 0 Å². The molecular weight excluding hydrogens is 356 g/mol. The molecule has 3 aromatic rings. The highest BCUT2D eigenvalue weighted by Gasteiger charge is 2.36. The van der Waals surface area contributed by atoms with E-state index in [1.165, 1.54) is 16.8 Å². The van der Waals surface area contributed by atoms with Crippen molar-refractivity contribution in [3.05, 3.63) is 42.1 Å². The van der Waals surface area contributed by atoms with Crippen LogP contribution in [-0.4, -0.2) is 45.5 Å². The molecule has 2 atom stereocenters. The molecule has 142 valence electrons. The van der Waals surface area contributed by atoms with Crippen molar-refractivity contribution < 1.29 is 13.5 Å². The molecule has 1 saturated heterocycles. The minimum absolute atomic E-state index is 0.120. The van der Waals surface area contributed by atoms with Crippen LogP contribution in [0.25, 0.3) is 5.65 Å². The normalized spacial score (nSPS) is 19.7. The molecule has 0 radical (unpaired) electrons. The summed E-state index contributed by atoms with van der Waals surface area (Å²) >= 11 is 0. The lowest BCUT2D eigenvalue weighted by atomic mass is 10.1. The maximum absolute atomic E-state index is 14.3. The summed E-state index contributed by atoms with van der Waals surface area (Å²) < 4.78 is 35.3. The van der Waals surface area contributed by atoms with Crippen LogP contribution >= 0.6 is 0 Å². The van der Waals surface area contributed by atoms with Gasteiger partial charge in [-0.25, -0.2) is 23.3 Å². The van der Waals surface area contributed by atoms with Crippen molar-refractivity contribution in [3.63, 3.8) is 0 Å². The van der Waals surface area contributed by atoms with Gasteiger partial charge in [0, 0.05) is 24.7 Å². The third-order valence-corrected chi connectivity index (χ3v) is 4.49. The number of hydrogen-bond donors (Lipinski definition) is 2. The quantitative estimate of drug-likeness (QED) is 0.695. The smallest absolute Gasteiger partial charge is 0.218 e. The van der Waals surface area contributed by atoms with Crippen molar-refractivity contribution in [2.75, 3.05) is 30.3 Å². The van der Waals surface area contributed by atoms with Crippen molar-refractivity contribution in [1.82, 2.24) is 19.6 Å². The number of nitrogens with zero attached hydrogens (tertiary/aromatic N) is 5. The molecule has 27 heavy (non-hydrogen) atoms. The van der Waals surface area contributed by atoms with Gasteiger partial charge in [0.2, 0.25) is 5.88 Å². The Hall–Kier alpha value is -3.01. The van der Waals surface area contributed by atoms with Crippen molar-refractivity contribution in [1.29, 1.82) is 0 Å². The van der Waals surface area contributed by atoms with Gasteiger partial charge in [0.1, 0.15) is 24.4 Å². The summed E-state index contributed by atoms with van der Waals surface area (Å²) in [4.78, 5) is 10.3. The van der Waals surface area contributed by atoms with E-state index < -0.39 is 18.0 Å². The molecule has 1 aliphatic rings. The topological polar surface area (TPSA) is 108 Å². The third-order valence-electron chi connectivity index (χ3n) is 4.49. The molecule has 0 aromatic carbocycles. The van der Waals surface area contributed by atoms with E-state index >= 15 is 0 Å². The standard InChI is InChI=1S/C17H19F2N7O/c18-10-5-12(17(22-7-10)27-4-2-20)14-6-11(19)9-25(14)15-1-3-26-16(24-15)13(21)8-23-26/h1,3,5,7-8,11,14H,2,4,6,9,20-21H2/t11-,14+/m0/s1. The van der Waals surface area contributed by atoms with E-state index in [0.717, 1.165) is 6.20 Å². The summed E-state index contributed by atoms with van der Waals surface area (Å²) in [5.41, 5.74) is 12.7. The first-order chi connectivity index (χ1) is 13.1. The van der Waals surface area contributed by atoms with Gasteiger partial charge in [-0.15, -0.1) is 0 Å². The van der Waals surface area contributed by atoms with Crippen molar-refractivity contribution >= 4 is 17.2 Å². The number of pyridine rings is 1. The zero-order chi connectivity index (χ0) is 19.0. The molecule has 3 aromatic heterocycles. The van der Waals surface area contributed by atoms with Gasteiger partial charge in [-0.2, -0.15) is 5.10 Å². The zero-order valence-electron chi connectivity index (χ0n) is 14.4. The molecule has 0 amide bonds. The Balaban J connectivity index is 1.75. The fourth-order valence-corrected chi connectivity index (χ4v) is 3.33. The third kappa shape index (κ3) is 3.23. The fraction of sp³-hybridized carbons (Fsp3) is 0.353. The lowest BCUT2D eigenvalue weighted by Gasteiger charge is -2.26. The molecule has 0 spiro atoms. The van der Waals surface area contributed by atoms with Crippen LogP contribution in [0.1, 0.15) is 18.0 Å². The molecule has 1 fully saturated rings. The molecule has 0 saturated carbocycles.